The van der Waals surface area contributed by atoms with Crippen LogP contribution in [0.15, 0.2) is 6.07 Å². The first-order valence-corrected chi connectivity index (χ1v) is 6.00. The largest absolute Gasteiger partial charge is 0.383 e. The summed E-state index contributed by atoms with van der Waals surface area (Å²) in [5.74, 6) is 0.413. The molecule has 1 aliphatic heterocycles. The molecule has 2 N–H and O–H groups in total. The second-order valence-corrected chi connectivity index (χ2v) is 5.03. The fourth-order valence-corrected chi connectivity index (χ4v) is 2.14. The molecule has 0 saturated carbocycles. The first kappa shape index (κ1) is 12.0. The van der Waals surface area contributed by atoms with Gasteiger partial charge in [-0.05, 0) is 18.7 Å². The Labute approximate surface area is 102 Å². The third-order valence-electron chi connectivity index (χ3n) is 3.18. The molecular weight excluding hydrogens is 214 g/mol. The molecule has 0 radical (unpaired) electrons. The van der Waals surface area contributed by atoms with Crippen LogP contribution in [0.1, 0.15) is 35.5 Å². The highest BCUT2D eigenvalue weighted by Crippen LogP contribution is 2.22. The van der Waals surface area contributed by atoms with Gasteiger partial charge < -0.3 is 10.6 Å². The van der Waals surface area contributed by atoms with Crippen molar-refractivity contribution in [3.05, 3.63) is 22.9 Å². The second kappa shape index (κ2) is 4.45. The molecule has 0 amide bonds. The van der Waals surface area contributed by atoms with Gasteiger partial charge >= 0.3 is 0 Å². The van der Waals surface area contributed by atoms with E-state index in [0.29, 0.717) is 11.4 Å². The van der Waals surface area contributed by atoms with E-state index in [2.05, 4.69) is 16.9 Å². The molecular formula is C13H19N3O. The van der Waals surface area contributed by atoms with Crippen molar-refractivity contribution in [3.8, 4) is 0 Å². The van der Waals surface area contributed by atoms with Crippen LogP contribution in [-0.4, -0.2) is 29.3 Å². The zero-order valence-electron chi connectivity index (χ0n) is 10.7. The first-order valence-electron chi connectivity index (χ1n) is 6.00. The number of fused-ring (bicyclic) bond motifs is 1. The monoisotopic (exact) mass is 233 g/mol. The molecule has 0 aliphatic carbocycles. The molecule has 17 heavy (non-hydrogen) atoms. The minimum absolute atomic E-state index is 0.0431. The molecule has 2 heterocycles. The lowest BCUT2D eigenvalue weighted by Crippen LogP contribution is -2.28. The maximum absolute atomic E-state index is 12.0. The number of aromatic nitrogens is 1. The highest BCUT2D eigenvalue weighted by molar-refractivity contribution is 6.01. The quantitative estimate of drug-likeness (QED) is 0.786. The fourth-order valence-electron chi connectivity index (χ4n) is 2.14. The molecule has 4 heteroatoms. The van der Waals surface area contributed by atoms with Crippen molar-refractivity contribution in [1.29, 1.82) is 0 Å². The molecule has 0 bridgehead atoms. The number of carbonyl (C=O) groups is 1. The minimum atomic E-state index is -0.0431. The summed E-state index contributed by atoms with van der Waals surface area (Å²) in [6.45, 7) is 5.61. The van der Waals surface area contributed by atoms with Gasteiger partial charge in [0.1, 0.15) is 5.82 Å². The van der Waals surface area contributed by atoms with Gasteiger partial charge in [-0.2, -0.15) is 0 Å². The number of likely N-dealkylation sites (N-methyl/N-ethyl adjacent to an activating group) is 1. The summed E-state index contributed by atoms with van der Waals surface area (Å²) in [7, 11) is 2.07. The van der Waals surface area contributed by atoms with Crippen LogP contribution in [0.5, 0.6) is 0 Å². The maximum Gasteiger partial charge on any atom is 0.169 e. The Balaban J connectivity index is 2.42. The van der Waals surface area contributed by atoms with Gasteiger partial charge in [-0.1, -0.05) is 13.8 Å². The lowest BCUT2D eigenvalue weighted by Gasteiger charge is -2.25. The average molecular weight is 233 g/mol. The van der Waals surface area contributed by atoms with Crippen molar-refractivity contribution < 1.29 is 4.79 Å². The predicted molar refractivity (Wildman–Crippen MR) is 67.9 cm³/mol. The van der Waals surface area contributed by atoms with Gasteiger partial charge in [0.15, 0.2) is 5.78 Å². The van der Waals surface area contributed by atoms with Crippen LogP contribution in [0.25, 0.3) is 0 Å². The Morgan fingerprint density at radius 1 is 1.53 bits per heavy atom. The number of anilines is 1. The number of carbonyl (C=O) groups excluding carboxylic acids is 1. The molecule has 0 aromatic carbocycles. The molecule has 92 valence electrons. The van der Waals surface area contributed by atoms with Gasteiger partial charge in [-0.15, -0.1) is 0 Å². The second-order valence-electron chi connectivity index (χ2n) is 5.03. The van der Waals surface area contributed by atoms with Crippen molar-refractivity contribution in [3.63, 3.8) is 0 Å². The highest BCUT2D eigenvalue weighted by atomic mass is 16.1. The number of Topliss-reactive ketones (excluding diaryl/α,β-unsaturated/α-hetero) is 1. The van der Waals surface area contributed by atoms with Crippen LogP contribution < -0.4 is 5.73 Å². The van der Waals surface area contributed by atoms with Crippen LogP contribution >= 0.6 is 0 Å². The smallest absolute Gasteiger partial charge is 0.169 e. The minimum Gasteiger partial charge on any atom is -0.383 e. The van der Waals surface area contributed by atoms with Crippen LogP contribution in [-0.2, 0) is 13.0 Å². The number of nitrogens with zero attached hydrogens (tertiary/aromatic N) is 2. The van der Waals surface area contributed by atoms with E-state index in [9.17, 15) is 4.79 Å². The van der Waals surface area contributed by atoms with Gasteiger partial charge in [0.05, 0.1) is 5.56 Å². The van der Waals surface area contributed by atoms with Crippen molar-refractivity contribution in [2.24, 2.45) is 5.92 Å². The first-order chi connectivity index (χ1) is 7.99. The molecule has 0 spiro atoms. The summed E-state index contributed by atoms with van der Waals surface area (Å²) in [4.78, 5) is 18.6. The molecule has 0 saturated heterocycles. The number of pyridine rings is 1. The van der Waals surface area contributed by atoms with Crippen LogP contribution in [0.4, 0.5) is 5.82 Å². The third kappa shape index (κ3) is 2.31. The van der Waals surface area contributed by atoms with E-state index in [0.717, 1.165) is 30.8 Å². The van der Waals surface area contributed by atoms with Gasteiger partial charge in [0.25, 0.3) is 0 Å². The Hall–Kier alpha value is -1.42. The molecule has 4 nitrogen and oxygen atoms in total. The Morgan fingerprint density at radius 3 is 2.88 bits per heavy atom. The van der Waals surface area contributed by atoms with Crippen LogP contribution in [0.3, 0.4) is 0 Å². The normalized spacial score (nSPS) is 16.0. The van der Waals surface area contributed by atoms with Crippen molar-refractivity contribution >= 4 is 11.6 Å². The van der Waals surface area contributed by atoms with Gasteiger partial charge in [0.2, 0.25) is 0 Å². The zero-order chi connectivity index (χ0) is 12.6. The van der Waals surface area contributed by atoms with E-state index in [4.69, 9.17) is 5.73 Å². The predicted octanol–water partition coefficient (Wildman–Crippen LogP) is 1.49. The average Bonchev–Trinajstić information content (AvgIpc) is 2.27. The number of hydrogen-bond acceptors (Lipinski definition) is 4. The highest BCUT2D eigenvalue weighted by Gasteiger charge is 2.20. The molecule has 0 fully saturated rings. The summed E-state index contributed by atoms with van der Waals surface area (Å²) in [5.41, 5.74) is 8.63. The topological polar surface area (TPSA) is 59.2 Å². The van der Waals surface area contributed by atoms with Crippen molar-refractivity contribution in [1.82, 2.24) is 9.88 Å². The van der Waals surface area contributed by atoms with Crippen molar-refractivity contribution in [2.45, 2.75) is 26.8 Å². The molecule has 2 rings (SSSR count). The van der Waals surface area contributed by atoms with E-state index >= 15 is 0 Å². The maximum atomic E-state index is 12.0. The summed E-state index contributed by atoms with van der Waals surface area (Å²) < 4.78 is 0. The summed E-state index contributed by atoms with van der Waals surface area (Å²) >= 11 is 0. The van der Waals surface area contributed by atoms with E-state index in [1.54, 1.807) is 0 Å². The number of ketones is 1. The van der Waals surface area contributed by atoms with E-state index < -0.39 is 0 Å². The SMILES string of the molecule is CC(C)C(=O)c1cc2c(nc1N)CCN(C)C2. The van der Waals surface area contributed by atoms with E-state index in [1.165, 1.54) is 0 Å². The standard InChI is InChI=1S/C13H19N3O/c1-8(2)12(17)10-6-9-7-16(3)5-4-11(9)15-13(10)14/h6,8H,4-5,7H2,1-3H3,(H2,14,15). The Kier molecular flexibility index (Phi) is 3.15. The van der Waals surface area contributed by atoms with Gasteiger partial charge in [-0.3, -0.25) is 4.79 Å². The molecule has 1 aromatic heterocycles. The molecule has 1 aliphatic rings. The number of nitrogens with two attached hydrogens (primary N) is 1. The third-order valence-corrected chi connectivity index (χ3v) is 3.18. The van der Waals surface area contributed by atoms with Gasteiger partial charge in [-0.25, -0.2) is 4.98 Å². The zero-order valence-corrected chi connectivity index (χ0v) is 10.7. The Bertz CT molecular complexity index is 454. The molecule has 1 aromatic rings. The number of rotatable bonds is 2. The van der Waals surface area contributed by atoms with E-state index in [1.807, 2.05) is 19.9 Å². The summed E-state index contributed by atoms with van der Waals surface area (Å²) in [6, 6.07) is 1.93. The molecule has 0 unspecified atom stereocenters. The van der Waals surface area contributed by atoms with Crippen molar-refractivity contribution in [2.75, 3.05) is 19.3 Å². The summed E-state index contributed by atoms with van der Waals surface area (Å²) in [5, 5.41) is 0. The Morgan fingerprint density at radius 2 is 2.24 bits per heavy atom. The summed E-state index contributed by atoms with van der Waals surface area (Å²) in [6.07, 6.45) is 0.909. The van der Waals surface area contributed by atoms with Crippen LogP contribution in [0.2, 0.25) is 0 Å². The lowest BCUT2D eigenvalue weighted by atomic mass is 9.97. The number of hydrogen-bond donors (Lipinski definition) is 1. The van der Waals surface area contributed by atoms with E-state index in [-0.39, 0.29) is 11.7 Å². The lowest BCUT2D eigenvalue weighted by molar-refractivity contribution is 0.0939. The molecule has 0 atom stereocenters. The van der Waals surface area contributed by atoms with Crippen LogP contribution in [0, 0.1) is 5.92 Å². The fraction of sp³-hybridized carbons (Fsp3) is 0.538. The number of nitrogen functional groups attached to an aromatic ring is 1. The van der Waals surface area contributed by atoms with Gasteiger partial charge in [0, 0.05) is 31.1 Å².